The van der Waals surface area contributed by atoms with E-state index in [1.807, 2.05) is 18.2 Å². The van der Waals surface area contributed by atoms with Gasteiger partial charge < -0.3 is 15.2 Å². The van der Waals surface area contributed by atoms with Crippen molar-refractivity contribution in [2.24, 2.45) is 0 Å². The molecule has 3 aliphatic rings. The second-order valence-corrected chi connectivity index (χ2v) is 3.46. The third-order valence-corrected chi connectivity index (χ3v) is 2.40. The second kappa shape index (κ2) is 4.21. The van der Waals surface area contributed by atoms with Crippen LogP contribution in [-0.2, 0) is 4.74 Å². The summed E-state index contributed by atoms with van der Waals surface area (Å²) in [7, 11) is 0. The predicted molar refractivity (Wildman–Crippen MR) is 54.2 cm³/mol. The Kier molecular flexibility index (Phi) is 2.75. The third kappa shape index (κ3) is 1.83. The highest BCUT2D eigenvalue weighted by atomic mass is 16.6. The summed E-state index contributed by atoms with van der Waals surface area (Å²) in [6, 6.07) is 7.96. The molecule has 1 atom stereocenters. The molecule has 1 unspecified atom stereocenters. The van der Waals surface area contributed by atoms with Gasteiger partial charge in [-0.1, -0.05) is 12.1 Å². The van der Waals surface area contributed by atoms with Gasteiger partial charge in [-0.2, -0.15) is 5.26 Å². The van der Waals surface area contributed by atoms with Crippen LogP contribution < -0.4 is 5.32 Å². The maximum atomic E-state index is 10.2. The number of hydrogen-bond acceptors (Lipinski definition) is 4. The second-order valence-electron chi connectivity index (χ2n) is 3.46. The summed E-state index contributed by atoms with van der Waals surface area (Å²) in [5, 5.41) is 21.5. The van der Waals surface area contributed by atoms with Crippen molar-refractivity contribution >= 4 is 6.09 Å². The standard InChI is InChI=1S/C7H3N.C4H7NO3/c8-4-6-3-5-1-2-7(5)6;6-2-3-1-5-4(7)8-3/h1-3H;3,6H,1-2H2,(H,5,7). The molecule has 2 N–H and O–H groups in total. The monoisotopic (exact) mass is 218 g/mol. The number of alkyl carbamates (subject to hydrolysis) is 1. The summed E-state index contributed by atoms with van der Waals surface area (Å²) < 4.78 is 4.51. The maximum absolute atomic E-state index is 10.2. The molecule has 0 aromatic heterocycles. The molecule has 5 nitrogen and oxygen atoms in total. The molecule has 2 aliphatic carbocycles. The highest BCUT2D eigenvalue weighted by Gasteiger charge is 2.20. The predicted octanol–water partition coefficient (Wildman–Crippen LogP) is 0.246. The Labute approximate surface area is 91.6 Å². The van der Waals surface area contributed by atoms with Gasteiger partial charge in [-0.25, -0.2) is 4.79 Å². The average molecular weight is 218 g/mol. The van der Waals surface area contributed by atoms with E-state index in [0.717, 1.165) is 10.8 Å². The van der Waals surface area contributed by atoms with Crippen LogP contribution >= 0.6 is 0 Å². The summed E-state index contributed by atoms with van der Waals surface area (Å²) >= 11 is 0. The first-order valence-electron chi connectivity index (χ1n) is 4.84. The van der Waals surface area contributed by atoms with Gasteiger partial charge in [0.2, 0.25) is 0 Å². The number of ether oxygens (including phenoxy) is 1. The molecule has 1 fully saturated rings. The van der Waals surface area contributed by atoms with Crippen LogP contribution in [-0.4, -0.2) is 30.5 Å². The van der Waals surface area contributed by atoms with Gasteiger partial charge in [0.15, 0.2) is 0 Å². The Morgan fingerprint density at radius 3 is 2.62 bits per heavy atom. The number of amides is 1. The van der Waals surface area contributed by atoms with Gasteiger partial charge >= 0.3 is 6.09 Å². The lowest BCUT2D eigenvalue weighted by Crippen LogP contribution is -2.17. The van der Waals surface area contributed by atoms with Gasteiger partial charge in [0.05, 0.1) is 24.8 Å². The van der Waals surface area contributed by atoms with E-state index in [4.69, 9.17) is 10.4 Å². The number of rotatable bonds is 1. The molecular formula is C11H10N2O3. The van der Waals surface area contributed by atoms with Crippen molar-refractivity contribution < 1.29 is 14.6 Å². The van der Waals surface area contributed by atoms with Crippen molar-refractivity contribution in [3.05, 3.63) is 34.2 Å². The Morgan fingerprint density at radius 2 is 2.44 bits per heavy atom. The Hall–Kier alpha value is -2.06. The number of nitrogens with one attached hydrogen (secondary N) is 1. The van der Waals surface area contributed by atoms with E-state index in [9.17, 15) is 4.79 Å². The molecule has 0 saturated carbocycles. The molecule has 5 heteroatoms. The number of aliphatic hydroxyl groups excluding tert-OH is 1. The summed E-state index contributed by atoms with van der Waals surface area (Å²) in [6.45, 7) is 0.327. The van der Waals surface area contributed by atoms with Crippen molar-refractivity contribution in [2.45, 2.75) is 6.10 Å². The lowest BCUT2D eigenvalue weighted by Gasteiger charge is -2.01. The number of carbonyl (C=O) groups is 1. The first kappa shape index (κ1) is 10.5. The maximum Gasteiger partial charge on any atom is 0.407 e. The number of cyclic esters (lactones) is 1. The summed E-state index contributed by atoms with van der Waals surface area (Å²) in [5.74, 6) is 0. The van der Waals surface area contributed by atoms with E-state index in [0.29, 0.717) is 6.54 Å². The van der Waals surface area contributed by atoms with Crippen molar-refractivity contribution in [3.8, 4) is 6.07 Å². The van der Waals surface area contributed by atoms with Crippen LogP contribution in [0.2, 0.25) is 0 Å². The number of hydrogen-bond donors (Lipinski definition) is 2. The van der Waals surface area contributed by atoms with Crippen LogP contribution in [0.15, 0.2) is 18.2 Å². The molecule has 0 radical (unpaired) electrons. The molecule has 3 rings (SSSR count). The Bertz CT molecular complexity index is 547. The molecule has 16 heavy (non-hydrogen) atoms. The highest BCUT2D eigenvalue weighted by Crippen LogP contribution is 2.13. The molecule has 1 saturated heterocycles. The quantitative estimate of drug-likeness (QED) is 0.718. The zero-order valence-electron chi connectivity index (χ0n) is 8.43. The first-order chi connectivity index (χ1) is 7.74. The summed E-state index contributed by atoms with van der Waals surface area (Å²) in [5.41, 5.74) is 0.836. The minimum atomic E-state index is -0.441. The molecule has 0 spiro atoms. The van der Waals surface area contributed by atoms with Crippen LogP contribution in [0.3, 0.4) is 0 Å². The minimum absolute atomic E-state index is 0.0985. The van der Waals surface area contributed by atoms with Crippen LogP contribution in [0.5, 0.6) is 0 Å². The van der Waals surface area contributed by atoms with Crippen LogP contribution in [0, 0.1) is 21.8 Å². The smallest absolute Gasteiger partial charge is 0.407 e. The molecule has 0 bridgehead atoms. The van der Waals surface area contributed by atoms with E-state index in [2.05, 4.69) is 16.1 Å². The van der Waals surface area contributed by atoms with Gasteiger partial charge in [-0.05, 0) is 16.5 Å². The van der Waals surface area contributed by atoms with E-state index < -0.39 is 6.09 Å². The number of carbonyl (C=O) groups excluding carboxylic acids is 1. The van der Waals surface area contributed by atoms with Crippen molar-refractivity contribution in [3.63, 3.8) is 0 Å². The van der Waals surface area contributed by atoms with E-state index in [1.165, 1.54) is 5.22 Å². The number of benzene rings is 1. The van der Waals surface area contributed by atoms with Crippen LogP contribution in [0.25, 0.3) is 0 Å². The van der Waals surface area contributed by atoms with Gasteiger partial charge in [-0.15, -0.1) is 0 Å². The minimum Gasteiger partial charge on any atom is -0.442 e. The van der Waals surface area contributed by atoms with E-state index in [-0.39, 0.29) is 12.7 Å². The highest BCUT2D eigenvalue weighted by molar-refractivity contribution is 5.69. The molecule has 1 heterocycles. The Balaban J connectivity index is 0.000000120. The van der Waals surface area contributed by atoms with Crippen molar-refractivity contribution in [2.75, 3.05) is 13.2 Å². The Morgan fingerprint density at radius 1 is 1.62 bits per heavy atom. The number of nitrogens with zero attached hydrogens (tertiary/aromatic N) is 1. The van der Waals surface area contributed by atoms with Gasteiger partial charge in [0, 0.05) is 0 Å². The normalized spacial score (nSPS) is 18.8. The average Bonchev–Trinajstić information content (AvgIpc) is 2.69. The molecule has 0 aromatic rings. The van der Waals surface area contributed by atoms with Gasteiger partial charge in [0.25, 0.3) is 0 Å². The van der Waals surface area contributed by atoms with E-state index >= 15 is 0 Å². The molecule has 1 aliphatic heterocycles. The lowest BCUT2D eigenvalue weighted by molar-refractivity contribution is 0.0961. The fraction of sp³-hybridized carbons (Fsp3) is 0.273. The topological polar surface area (TPSA) is 82.4 Å². The molecule has 82 valence electrons. The SMILES string of the molecule is N#Cc1cc2ccc1=2.O=C1NCC(CO)O1. The van der Waals surface area contributed by atoms with Crippen molar-refractivity contribution in [1.29, 1.82) is 5.26 Å². The van der Waals surface area contributed by atoms with Gasteiger partial charge in [0.1, 0.15) is 6.10 Å². The number of nitriles is 1. The largest absolute Gasteiger partial charge is 0.442 e. The molecular weight excluding hydrogens is 208 g/mol. The third-order valence-electron chi connectivity index (χ3n) is 2.40. The fourth-order valence-electron chi connectivity index (χ4n) is 1.42. The van der Waals surface area contributed by atoms with Gasteiger partial charge in [-0.3, -0.25) is 0 Å². The zero-order valence-corrected chi connectivity index (χ0v) is 8.43. The number of aliphatic hydroxyl groups is 1. The zero-order chi connectivity index (χ0) is 11.5. The fourth-order valence-corrected chi connectivity index (χ4v) is 1.42. The lowest BCUT2D eigenvalue weighted by atomic mass is 10.0. The molecule has 0 aromatic carbocycles. The summed E-state index contributed by atoms with van der Waals surface area (Å²) in [6.07, 6.45) is -0.772. The van der Waals surface area contributed by atoms with Crippen molar-refractivity contribution in [1.82, 2.24) is 5.32 Å². The molecule has 1 amide bonds. The van der Waals surface area contributed by atoms with Crippen LogP contribution in [0.4, 0.5) is 4.79 Å². The van der Waals surface area contributed by atoms with E-state index in [1.54, 1.807) is 0 Å². The summed E-state index contributed by atoms with van der Waals surface area (Å²) in [4.78, 5) is 10.2. The first-order valence-corrected chi connectivity index (χ1v) is 4.84. The van der Waals surface area contributed by atoms with Crippen LogP contribution in [0.1, 0.15) is 5.56 Å².